The normalized spacial score (nSPS) is 13.1. The summed E-state index contributed by atoms with van der Waals surface area (Å²) >= 11 is 0. The molecule has 1 aromatic carbocycles. The Morgan fingerprint density at radius 3 is 3.00 bits per heavy atom. The summed E-state index contributed by atoms with van der Waals surface area (Å²) in [6.45, 7) is 7.72. The van der Waals surface area contributed by atoms with Gasteiger partial charge in [0.15, 0.2) is 11.8 Å². The number of aryl methyl sites for hydroxylation is 1. The van der Waals surface area contributed by atoms with E-state index in [0.29, 0.717) is 30.8 Å². The molecule has 0 spiro atoms. The molecule has 0 bridgehead atoms. The molecule has 0 fully saturated rings. The highest BCUT2D eigenvalue weighted by atomic mass is 16.5. The highest BCUT2D eigenvalue weighted by Crippen LogP contribution is 2.21. The van der Waals surface area contributed by atoms with E-state index in [9.17, 15) is 0 Å². The Morgan fingerprint density at radius 2 is 2.21 bits per heavy atom. The van der Waals surface area contributed by atoms with E-state index in [1.54, 1.807) is 7.05 Å². The van der Waals surface area contributed by atoms with Crippen LogP contribution in [0.25, 0.3) is 10.9 Å². The van der Waals surface area contributed by atoms with E-state index in [-0.39, 0.29) is 6.10 Å². The van der Waals surface area contributed by atoms with Crippen molar-refractivity contribution < 1.29 is 9.26 Å². The van der Waals surface area contributed by atoms with Crippen LogP contribution in [-0.4, -0.2) is 41.3 Å². The Labute approximate surface area is 164 Å². The average Bonchev–Trinajstić information content (AvgIpc) is 3.33. The van der Waals surface area contributed by atoms with Crippen molar-refractivity contribution in [1.29, 1.82) is 0 Å². The van der Waals surface area contributed by atoms with Crippen molar-refractivity contribution in [2.24, 2.45) is 4.99 Å². The molecule has 3 rings (SSSR count). The van der Waals surface area contributed by atoms with Crippen molar-refractivity contribution >= 4 is 16.9 Å². The number of aromatic nitrogens is 3. The number of guanidine groups is 1. The zero-order chi connectivity index (χ0) is 19.9. The molecule has 8 nitrogen and oxygen atoms in total. The first-order chi connectivity index (χ1) is 13.6. The standard InChI is InChI=1S/C20H28N6O2/c1-5-27-14(3)19-25-17(28-26-19)12-24-20(21-4)22-10-9-15-11-23-18-13(2)7-6-8-16(15)18/h6-8,11,14,23H,5,9-10,12H2,1-4H3,(H2,21,22,24). The maximum Gasteiger partial charge on any atom is 0.246 e. The van der Waals surface area contributed by atoms with Crippen LogP contribution in [0, 0.1) is 6.92 Å². The van der Waals surface area contributed by atoms with Crippen LogP contribution in [0.3, 0.4) is 0 Å². The van der Waals surface area contributed by atoms with Crippen LogP contribution in [0.15, 0.2) is 33.9 Å². The number of hydrogen-bond acceptors (Lipinski definition) is 5. The fourth-order valence-corrected chi connectivity index (χ4v) is 3.10. The molecule has 0 radical (unpaired) electrons. The van der Waals surface area contributed by atoms with Gasteiger partial charge in [0.1, 0.15) is 6.10 Å². The van der Waals surface area contributed by atoms with E-state index in [0.717, 1.165) is 13.0 Å². The number of fused-ring (bicyclic) bond motifs is 1. The van der Waals surface area contributed by atoms with Crippen LogP contribution < -0.4 is 10.6 Å². The Bertz CT molecular complexity index is 930. The molecule has 28 heavy (non-hydrogen) atoms. The van der Waals surface area contributed by atoms with E-state index in [1.165, 1.54) is 22.0 Å². The Hall–Kier alpha value is -2.87. The highest BCUT2D eigenvalue weighted by molar-refractivity contribution is 5.86. The quantitative estimate of drug-likeness (QED) is 0.408. The summed E-state index contributed by atoms with van der Waals surface area (Å²) < 4.78 is 10.7. The average molecular weight is 384 g/mol. The van der Waals surface area contributed by atoms with Crippen molar-refractivity contribution in [2.75, 3.05) is 20.2 Å². The van der Waals surface area contributed by atoms with Gasteiger partial charge in [-0.25, -0.2) is 0 Å². The largest absolute Gasteiger partial charge is 0.371 e. The fourth-order valence-electron chi connectivity index (χ4n) is 3.10. The summed E-state index contributed by atoms with van der Waals surface area (Å²) in [4.78, 5) is 12.0. The van der Waals surface area contributed by atoms with Gasteiger partial charge in [-0.15, -0.1) is 0 Å². The number of aliphatic imine (C=N–C) groups is 1. The third-order valence-corrected chi connectivity index (χ3v) is 4.59. The number of ether oxygens (including phenoxy) is 1. The molecule has 0 saturated carbocycles. The van der Waals surface area contributed by atoms with Gasteiger partial charge in [0, 0.05) is 37.3 Å². The molecule has 3 N–H and O–H groups in total. The minimum absolute atomic E-state index is 0.181. The summed E-state index contributed by atoms with van der Waals surface area (Å²) in [6.07, 6.45) is 2.79. The molecule has 2 aromatic heterocycles. The number of nitrogens with one attached hydrogen (secondary N) is 3. The van der Waals surface area contributed by atoms with E-state index >= 15 is 0 Å². The van der Waals surface area contributed by atoms with Gasteiger partial charge in [-0.1, -0.05) is 23.4 Å². The van der Waals surface area contributed by atoms with Crippen molar-refractivity contribution in [1.82, 2.24) is 25.8 Å². The minimum Gasteiger partial charge on any atom is -0.371 e. The molecule has 0 aliphatic heterocycles. The number of aromatic amines is 1. The molecule has 8 heteroatoms. The predicted octanol–water partition coefficient (Wildman–Crippen LogP) is 2.86. The number of hydrogen-bond donors (Lipinski definition) is 3. The second kappa shape index (κ2) is 9.36. The Kier molecular flexibility index (Phi) is 6.65. The van der Waals surface area contributed by atoms with Gasteiger partial charge in [0.05, 0.1) is 6.54 Å². The van der Waals surface area contributed by atoms with Gasteiger partial charge >= 0.3 is 0 Å². The monoisotopic (exact) mass is 384 g/mol. The molecule has 0 aliphatic carbocycles. The molecule has 1 atom stereocenters. The summed E-state index contributed by atoms with van der Waals surface area (Å²) in [6, 6.07) is 6.36. The second-order valence-corrected chi connectivity index (χ2v) is 6.56. The van der Waals surface area contributed by atoms with Gasteiger partial charge < -0.3 is 24.9 Å². The number of benzene rings is 1. The lowest BCUT2D eigenvalue weighted by Gasteiger charge is -2.10. The van der Waals surface area contributed by atoms with E-state index in [2.05, 4.69) is 62.1 Å². The van der Waals surface area contributed by atoms with Gasteiger partial charge in [0.2, 0.25) is 5.89 Å². The zero-order valence-corrected chi connectivity index (χ0v) is 16.9. The smallest absolute Gasteiger partial charge is 0.246 e. The summed E-state index contributed by atoms with van der Waals surface area (Å²) in [5, 5.41) is 11.7. The van der Waals surface area contributed by atoms with Gasteiger partial charge in [-0.3, -0.25) is 4.99 Å². The van der Waals surface area contributed by atoms with E-state index < -0.39 is 0 Å². The van der Waals surface area contributed by atoms with Gasteiger partial charge in [-0.05, 0) is 38.3 Å². The lowest BCUT2D eigenvalue weighted by Crippen LogP contribution is -2.37. The molecule has 150 valence electrons. The Balaban J connectivity index is 1.49. The van der Waals surface area contributed by atoms with Crippen LogP contribution in [0.1, 0.15) is 42.8 Å². The zero-order valence-electron chi connectivity index (χ0n) is 16.9. The van der Waals surface area contributed by atoms with Crippen molar-refractivity contribution in [2.45, 2.75) is 39.8 Å². The number of nitrogens with zero attached hydrogens (tertiary/aromatic N) is 3. The third kappa shape index (κ3) is 4.69. The van der Waals surface area contributed by atoms with Crippen molar-refractivity contribution in [3.63, 3.8) is 0 Å². The van der Waals surface area contributed by atoms with Crippen molar-refractivity contribution in [3.05, 3.63) is 47.2 Å². The summed E-state index contributed by atoms with van der Waals surface area (Å²) in [7, 11) is 1.74. The minimum atomic E-state index is -0.181. The van der Waals surface area contributed by atoms with Gasteiger partial charge in [-0.2, -0.15) is 4.98 Å². The lowest BCUT2D eigenvalue weighted by atomic mass is 10.1. The molecule has 3 aromatic rings. The van der Waals surface area contributed by atoms with Crippen LogP contribution in [0.4, 0.5) is 0 Å². The topological polar surface area (TPSA) is 100 Å². The van der Waals surface area contributed by atoms with Gasteiger partial charge in [0.25, 0.3) is 0 Å². The molecule has 1 unspecified atom stereocenters. The SMILES string of the molecule is CCOC(C)c1noc(CNC(=NC)NCCc2c[nH]c3c(C)cccc23)n1. The molecule has 0 saturated heterocycles. The fraction of sp³-hybridized carbons (Fsp3) is 0.450. The highest BCUT2D eigenvalue weighted by Gasteiger charge is 2.14. The lowest BCUT2D eigenvalue weighted by molar-refractivity contribution is 0.0683. The first kappa shape index (κ1) is 19.9. The molecule has 0 amide bonds. The van der Waals surface area contributed by atoms with Crippen LogP contribution in [0.5, 0.6) is 0 Å². The number of para-hydroxylation sites is 1. The molecular formula is C20H28N6O2. The maximum absolute atomic E-state index is 5.47. The maximum atomic E-state index is 5.47. The molecular weight excluding hydrogens is 356 g/mol. The molecule has 2 heterocycles. The number of rotatable bonds is 8. The first-order valence-corrected chi connectivity index (χ1v) is 9.56. The number of H-pyrrole nitrogens is 1. The summed E-state index contributed by atoms with van der Waals surface area (Å²) in [5.41, 5.74) is 3.74. The first-order valence-electron chi connectivity index (χ1n) is 9.56. The second-order valence-electron chi connectivity index (χ2n) is 6.56. The van der Waals surface area contributed by atoms with E-state index in [4.69, 9.17) is 9.26 Å². The van der Waals surface area contributed by atoms with Crippen LogP contribution in [0.2, 0.25) is 0 Å². The third-order valence-electron chi connectivity index (χ3n) is 4.59. The van der Waals surface area contributed by atoms with Crippen LogP contribution in [-0.2, 0) is 17.7 Å². The molecule has 0 aliphatic rings. The van der Waals surface area contributed by atoms with Crippen molar-refractivity contribution in [3.8, 4) is 0 Å². The van der Waals surface area contributed by atoms with E-state index in [1.807, 2.05) is 13.8 Å². The Morgan fingerprint density at radius 1 is 1.36 bits per heavy atom. The summed E-state index contributed by atoms with van der Waals surface area (Å²) in [5.74, 6) is 1.74. The van der Waals surface area contributed by atoms with Crippen LogP contribution >= 0.6 is 0 Å². The predicted molar refractivity (Wildman–Crippen MR) is 109 cm³/mol.